The van der Waals surface area contributed by atoms with Crippen LogP contribution in [0, 0.1) is 0 Å². The molecule has 0 spiro atoms. The maximum atomic E-state index is 10.1. The van der Waals surface area contributed by atoms with Crippen LogP contribution < -0.4 is 0 Å². The van der Waals surface area contributed by atoms with Crippen molar-refractivity contribution in [2.24, 2.45) is 0 Å². The van der Waals surface area contributed by atoms with E-state index in [1.165, 1.54) is 0 Å². The van der Waals surface area contributed by atoms with Crippen LogP contribution in [0.5, 0.6) is 0 Å². The van der Waals surface area contributed by atoms with Gasteiger partial charge in [0.25, 0.3) is 0 Å². The topological polar surface area (TPSA) is 26.3 Å². The Hall–Kier alpha value is -0.630. The summed E-state index contributed by atoms with van der Waals surface area (Å²) < 4.78 is 5.22. The molecule has 0 aromatic heterocycles. The maximum Gasteiger partial charge on any atom is 0.152 e. The molecule has 1 unspecified atom stereocenters. The Morgan fingerprint density at radius 2 is 2.33 bits per heavy atom. The SMILES string of the molecule is CC1(C)C=CC(C=O)O1. The van der Waals surface area contributed by atoms with Gasteiger partial charge in [0.2, 0.25) is 0 Å². The predicted octanol–water partition coefficient (Wildman–Crippen LogP) is 0.919. The van der Waals surface area contributed by atoms with Crippen molar-refractivity contribution < 1.29 is 9.53 Å². The fraction of sp³-hybridized carbons (Fsp3) is 0.571. The molecular weight excluding hydrogens is 116 g/mol. The molecule has 0 saturated carbocycles. The molecule has 0 aliphatic carbocycles. The van der Waals surface area contributed by atoms with Crippen molar-refractivity contribution in [1.29, 1.82) is 0 Å². The molecule has 2 nitrogen and oxygen atoms in total. The van der Waals surface area contributed by atoms with Crippen LogP contribution in [0.3, 0.4) is 0 Å². The Kier molecular flexibility index (Phi) is 1.41. The van der Waals surface area contributed by atoms with Gasteiger partial charge in [-0.1, -0.05) is 6.08 Å². The van der Waals surface area contributed by atoms with E-state index in [9.17, 15) is 4.79 Å². The number of rotatable bonds is 1. The lowest BCUT2D eigenvalue weighted by Crippen LogP contribution is -2.21. The Balaban J connectivity index is 2.59. The number of ether oxygens (including phenoxy) is 1. The average Bonchev–Trinajstić information content (AvgIpc) is 2.10. The summed E-state index contributed by atoms with van der Waals surface area (Å²) in [6.07, 6.45) is 4.14. The highest BCUT2D eigenvalue weighted by molar-refractivity contribution is 5.60. The summed E-state index contributed by atoms with van der Waals surface area (Å²) in [6, 6.07) is 0. The second-order valence-corrected chi connectivity index (χ2v) is 2.68. The minimum Gasteiger partial charge on any atom is -0.357 e. The van der Waals surface area contributed by atoms with Crippen LogP contribution in [0.4, 0.5) is 0 Å². The van der Waals surface area contributed by atoms with Crippen LogP contribution in [0.25, 0.3) is 0 Å². The highest BCUT2D eigenvalue weighted by Crippen LogP contribution is 2.20. The lowest BCUT2D eigenvalue weighted by Gasteiger charge is -2.15. The molecule has 1 rings (SSSR count). The summed E-state index contributed by atoms with van der Waals surface area (Å²) in [7, 11) is 0. The summed E-state index contributed by atoms with van der Waals surface area (Å²) in [5.74, 6) is 0. The zero-order valence-corrected chi connectivity index (χ0v) is 5.63. The Labute approximate surface area is 54.5 Å². The van der Waals surface area contributed by atoms with Gasteiger partial charge in [0.1, 0.15) is 6.10 Å². The molecule has 0 N–H and O–H groups in total. The van der Waals surface area contributed by atoms with Crippen molar-refractivity contribution in [3.63, 3.8) is 0 Å². The second-order valence-electron chi connectivity index (χ2n) is 2.68. The van der Waals surface area contributed by atoms with Gasteiger partial charge in [-0.15, -0.1) is 0 Å². The van der Waals surface area contributed by atoms with Crippen molar-refractivity contribution in [3.8, 4) is 0 Å². The van der Waals surface area contributed by atoms with E-state index in [2.05, 4.69) is 0 Å². The van der Waals surface area contributed by atoms with Gasteiger partial charge in [-0.3, -0.25) is 0 Å². The van der Waals surface area contributed by atoms with Gasteiger partial charge in [0.05, 0.1) is 5.60 Å². The summed E-state index contributed by atoms with van der Waals surface area (Å²) in [4.78, 5) is 10.1. The van der Waals surface area contributed by atoms with Gasteiger partial charge in [-0.25, -0.2) is 0 Å². The van der Waals surface area contributed by atoms with Crippen LogP contribution >= 0.6 is 0 Å². The first-order valence-electron chi connectivity index (χ1n) is 2.96. The molecule has 1 heterocycles. The van der Waals surface area contributed by atoms with Crippen LogP contribution in [0.2, 0.25) is 0 Å². The average molecular weight is 126 g/mol. The van der Waals surface area contributed by atoms with Crippen molar-refractivity contribution >= 4 is 6.29 Å². The minimum atomic E-state index is -0.319. The van der Waals surface area contributed by atoms with E-state index in [1.807, 2.05) is 19.9 Å². The molecule has 0 fully saturated rings. The first-order chi connectivity index (χ1) is 4.14. The summed E-state index contributed by atoms with van der Waals surface area (Å²) in [5.41, 5.74) is -0.244. The van der Waals surface area contributed by atoms with Gasteiger partial charge in [-0.05, 0) is 19.9 Å². The van der Waals surface area contributed by atoms with Crippen LogP contribution in [-0.2, 0) is 9.53 Å². The molecule has 1 atom stereocenters. The molecule has 50 valence electrons. The molecular formula is C7H10O2. The van der Waals surface area contributed by atoms with Gasteiger partial charge in [0.15, 0.2) is 6.29 Å². The highest BCUT2D eigenvalue weighted by atomic mass is 16.5. The van der Waals surface area contributed by atoms with Crippen molar-refractivity contribution in [3.05, 3.63) is 12.2 Å². The molecule has 0 amide bonds. The van der Waals surface area contributed by atoms with E-state index in [-0.39, 0.29) is 11.7 Å². The monoisotopic (exact) mass is 126 g/mol. The second kappa shape index (κ2) is 1.95. The molecule has 0 saturated heterocycles. The zero-order chi connectivity index (χ0) is 6.91. The van der Waals surface area contributed by atoms with Gasteiger partial charge < -0.3 is 9.53 Å². The fourth-order valence-electron chi connectivity index (χ4n) is 0.829. The molecule has 1 aliphatic heterocycles. The van der Waals surface area contributed by atoms with E-state index in [0.717, 1.165) is 6.29 Å². The van der Waals surface area contributed by atoms with E-state index >= 15 is 0 Å². The third-order valence-corrected chi connectivity index (χ3v) is 1.26. The third-order valence-electron chi connectivity index (χ3n) is 1.26. The number of hydrogen-bond donors (Lipinski definition) is 0. The van der Waals surface area contributed by atoms with Crippen molar-refractivity contribution in [2.45, 2.75) is 25.6 Å². The van der Waals surface area contributed by atoms with Crippen molar-refractivity contribution in [2.75, 3.05) is 0 Å². The molecule has 9 heavy (non-hydrogen) atoms. The smallest absolute Gasteiger partial charge is 0.152 e. The summed E-state index contributed by atoms with van der Waals surface area (Å²) >= 11 is 0. The predicted molar refractivity (Wildman–Crippen MR) is 34.2 cm³/mol. The zero-order valence-electron chi connectivity index (χ0n) is 5.63. The summed E-state index contributed by atoms with van der Waals surface area (Å²) in [6.45, 7) is 3.85. The highest BCUT2D eigenvalue weighted by Gasteiger charge is 2.24. The third kappa shape index (κ3) is 1.39. The van der Waals surface area contributed by atoms with Gasteiger partial charge >= 0.3 is 0 Å². The van der Waals surface area contributed by atoms with E-state index in [1.54, 1.807) is 6.08 Å². The Morgan fingerprint density at radius 3 is 2.56 bits per heavy atom. The lowest BCUT2D eigenvalue weighted by atomic mass is 10.1. The summed E-state index contributed by atoms with van der Waals surface area (Å²) in [5, 5.41) is 0. The lowest BCUT2D eigenvalue weighted by molar-refractivity contribution is -0.118. The molecule has 1 aliphatic rings. The van der Waals surface area contributed by atoms with E-state index in [0.29, 0.717) is 0 Å². The minimum absolute atomic E-state index is 0.244. The molecule has 0 aromatic carbocycles. The maximum absolute atomic E-state index is 10.1. The number of aldehydes is 1. The standard InChI is InChI=1S/C7H10O2/c1-7(2)4-3-6(5-8)9-7/h3-6H,1-2H3. The van der Waals surface area contributed by atoms with Gasteiger partial charge in [-0.2, -0.15) is 0 Å². The Morgan fingerprint density at radius 1 is 1.67 bits per heavy atom. The fourth-order valence-corrected chi connectivity index (χ4v) is 0.829. The van der Waals surface area contributed by atoms with E-state index < -0.39 is 0 Å². The van der Waals surface area contributed by atoms with Crippen LogP contribution in [0.15, 0.2) is 12.2 Å². The van der Waals surface area contributed by atoms with E-state index in [4.69, 9.17) is 4.74 Å². The Bertz CT molecular complexity index is 147. The number of carbonyl (C=O) groups excluding carboxylic acids is 1. The number of hydrogen-bond acceptors (Lipinski definition) is 2. The van der Waals surface area contributed by atoms with Crippen molar-refractivity contribution in [1.82, 2.24) is 0 Å². The van der Waals surface area contributed by atoms with Crippen LogP contribution in [0.1, 0.15) is 13.8 Å². The quantitative estimate of drug-likeness (QED) is 0.385. The van der Waals surface area contributed by atoms with Crippen LogP contribution in [-0.4, -0.2) is 18.0 Å². The van der Waals surface area contributed by atoms with Gasteiger partial charge in [0, 0.05) is 0 Å². The molecule has 2 heteroatoms. The first kappa shape index (κ1) is 6.49. The molecule has 0 radical (unpaired) electrons. The number of carbonyl (C=O) groups is 1. The first-order valence-corrected chi connectivity index (χ1v) is 2.96. The molecule has 0 bridgehead atoms. The normalized spacial score (nSPS) is 30.7. The largest absolute Gasteiger partial charge is 0.357 e. The molecule has 0 aromatic rings.